The van der Waals surface area contributed by atoms with Crippen molar-refractivity contribution in [2.24, 2.45) is 11.8 Å². The number of pyridine rings is 2. The molecule has 2 aromatic heterocycles. The summed E-state index contributed by atoms with van der Waals surface area (Å²) in [6.45, 7) is 4.34. The van der Waals surface area contributed by atoms with Crippen molar-refractivity contribution in [2.45, 2.75) is 32.2 Å². The molecule has 0 unspecified atom stereocenters. The van der Waals surface area contributed by atoms with Gasteiger partial charge in [-0.25, -0.2) is 4.98 Å². The van der Waals surface area contributed by atoms with E-state index in [0.717, 1.165) is 69.7 Å². The second-order valence-corrected chi connectivity index (χ2v) is 8.76. The average molecular weight is 436 g/mol. The first-order valence-corrected chi connectivity index (χ1v) is 11.5. The molecule has 2 aliphatic heterocycles. The van der Waals surface area contributed by atoms with Crippen LogP contribution >= 0.6 is 0 Å². The third kappa shape index (κ3) is 5.46. The molecule has 7 heteroatoms. The van der Waals surface area contributed by atoms with Crippen molar-refractivity contribution in [2.75, 3.05) is 39.0 Å². The Morgan fingerprint density at radius 3 is 2.47 bits per heavy atom. The van der Waals surface area contributed by atoms with Crippen molar-refractivity contribution in [3.63, 3.8) is 0 Å². The molecule has 0 bridgehead atoms. The van der Waals surface area contributed by atoms with Crippen LogP contribution in [0.5, 0.6) is 0 Å². The minimum absolute atomic E-state index is 0.134. The van der Waals surface area contributed by atoms with E-state index in [9.17, 15) is 4.79 Å². The summed E-state index contributed by atoms with van der Waals surface area (Å²) in [4.78, 5) is 26.2. The maximum Gasteiger partial charge on any atom is 0.225 e. The highest BCUT2D eigenvalue weighted by atomic mass is 16.5. The lowest BCUT2D eigenvalue weighted by Gasteiger charge is -2.37. The van der Waals surface area contributed by atoms with Crippen LogP contribution in [0.2, 0.25) is 0 Å². The fraction of sp³-hybridized carbons (Fsp3) is 0.480. The molecule has 0 spiro atoms. The number of piperidine rings is 2. The van der Waals surface area contributed by atoms with Crippen molar-refractivity contribution in [1.82, 2.24) is 19.8 Å². The number of rotatable bonds is 6. The van der Waals surface area contributed by atoms with Gasteiger partial charge in [-0.1, -0.05) is 6.07 Å². The zero-order valence-electron chi connectivity index (χ0n) is 18.8. The van der Waals surface area contributed by atoms with E-state index >= 15 is 0 Å². The molecular formula is C25H33N5O2. The van der Waals surface area contributed by atoms with Crippen LogP contribution in [0.15, 0.2) is 49.0 Å². The summed E-state index contributed by atoms with van der Waals surface area (Å²) in [6, 6.07) is 9.89. The Bertz CT molecular complexity index is 917. The second-order valence-electron chi connectivity index (χ2n) is 8.76. The summed E-state index contributed by atoms with van der Waals surface area (Å²) in [5, 5.41) is 0. The molecule has 2 aromatic rings. The number of carbonyl (C=O) groups excluding carboxylic acids is 1. The molecule has 2 aliphatic rings. The largest absolute Gasteiger partial charge is 0.504 e. The first-order valence-electron chi connectivity index (χ1n) is 11.5. The molecule has 4 rings (SSSR count). The van der Waals surface area contributed by atoms with Gasteiger partial charge >= 0.3 is 0 Å². The molecular weight excluding hydrogens is 402 g/mol. The lowest BCUT2D eigenvalue weighted by molar-refractivity contribution is -0.138. The highest BCUT2D eigenvalue weighted by Crippen LogP contribution is 2.32. The number of nitrogens with two attached hydrogens (primary N) is 1. The quantitative estimate of drug-likeness (QED) is 0.702. The molecule has 170 valence electrons. The van der Waals surface area contributed by atoms with E-state index in [-0.39, 0.29) is 5.92 Å². The first-order chi connectivity index (χ1) is 15.6. The number of carbonyl (C=O) groups is 1. The molecule has 0 aliphatic carbocycles. The maximum absolute atomic E-state index is 13.2. The van der Waals surface area contributed by atoms with Crippen LogP contribution in [0.1, 0.15) is 36.9 Å². The van der Waals surface area contributed by atoms with E-state index in [4.69, 9.17) is 10.5 Å². The number of methoxy groups -OCH3 is 1. The van der Waals surface area contributed by atoms with E-state index in [0.29, 0.717) is 17.6 Å². The summed E-state index contributed by atoms with van der Waals surface area (Å²) in [7, 11) is 1.68. The number of allylic oxidation sites excluding steroid dienone is 1. The average Bonchev–Trinajstić information content (AvgIpc) is 2.83. The number of anilines is 1. The molecule has 4 heterocycles. The van der Waals surface area contributed by atoms with Crippen molar-refractivity contribution in [3.05, 3.63) is 60.2 Å². The van der Waals surface area contributed by atoms with Gasteiger partial charge in [0, 0.05) is 43.5 Å². The van der Waals surface area contributed by atoms with E-state index in [2.05, 4.69) is 19.8 Å². The summed E-state index contributed by atoms with van der Waals surface area (Å²) in [6.07, 6.45) is 9.11. The number of aromatic nitrogens is 2. The van der Waals surface area contributed by atoms with E-state index in [1.165, 1.54) is 5.56 Å². The summed E-state index contributed by atoms with van der Waals surface area (Å²) < 4.78 is 5.34. The summed E-state index contributed by atoms with van der Waals surface area (Å²) >= 11 is 0. The van der Waals surface area contributed by atoms with E-state index < -0.39 is 0 Å². The number of likely N-dealkylation sites (tertiary alicyclic amines) is 2. The second kappa shape index (κ2) is 10.6. The van der Waals surface area contributed by atoms with E-state index in [1.54, 1.807) is 13.3 Å². The van der Waals surface area contributed by atoms with Gasteiger partial charge < -0.3 is 15.4 Å². The number of hydrogen-bond acceptors (Lipinski definition) is 6. The fourth-order valence-electron chi connectivity index (χ4n) is 4.88. The van der Waals surface area contributed by atoms with E-state index in [1.807, 2.05) is 42.8 Å². The van der Waals surface area contributed by atoms with Gasteiger partial charge in [0.2, 0.25) is 5.91 Å². The standard InChI is InChI=1S/C25H33N5O2/c1-32-18-22(23-4-2-3-10-27-23)20-8-14-30(15-9-20)25(31)21-6-12-29(13-7-21)17-19-5-11-28-24(26)16-19/h2-5,10-11,16,18,20-21H,6-9,12-15,17H2,1H3,(H2,26,28)/b22-18+. The van der Waals surface area contributed by atoms with Crippen LogP contribution in [0.25, 0.3) is 5.57 Å². The SMILES string of the molecule is CO/C=C(/c1ccccn1)C1CCN(C(=O)C2CCN(Cc3ccnc(N)c3)CC2)CC1. The molecule has 2 N–H and O–H groups in total. The molecule has 0 saturated carbocycles. The van der Waals surface area contributed by atoms with Gasteiger partial charge in [-0.3, -0.25) is 14.7 Å². The fourth-order valence-corrected chi connectivity index (χ4v) is 4.88. The molecule has 32 heavy (non-hydrogen) atoms. The first kappa shape index (κ1) is 22.3. The highest BCUT2D eigenvalue weighted by Gasteiger charge is 2.32. The number of nitrogens with zero attached hydrogens (tertiary/aromatic N) is 4. The molecule has 1 amide bonds. The zero-order chi connectivity index (χ0) is 22.3. The molecule has 2 fully saturated rings. The van der Waals surface area contributed by atoms with Crippen molar-refractivity contribution >= 4 is 17.3 Å². The highest BCUT2D eigenvalue weighted by molar-refractivity contribution is 5.79. The van der Waals surface area contributed by atoms with Gasteiger partial charge in [0.1, 0.15) is 5.82 Å². The van der Waals surface area contributed by atoms with Gasteiger partial charge in [0.05, 0.1) is 19.1 Å². The smallest absolute Gasteiger partial charge is 0.225 e. The van der Waals surface area contributed by atoms with Crippen LogP contribution in [0.4, 0.5) is 5.82 Å². The zero-order valence-corrected chi connectivity index (χ0v) is 18.8. The van der Waals surface area contributed by atoms with Crippen molar-refractivity contribution < 1.29 is 9.53 Å². The Kier molecular flexibility index (Phi) is 7.37. The number of ether oxygens (including phenoxy) is 1. The molecule has 0 atom stereocenters. The van der Waals surface area contributed by atoms with Crippen molar-refractivity contribution in [1.29, 1.82) is 0 Å². The lowest BCUT2D eigenvalue weighted by Crippen LogP contribution is -2.45. The Morgan fingerprint density at radius 1 is 1.06 bits per heavy atom. The third-order valence-corrected chi connectivity index (χ3v) is 6.64. The predicted octanol–water partition coefficient (Wildman–Crippen LogP) is 3.20. The van der Waals surface area contributed by atoms with Gasteiger partial charge in [-0.05, 0) is 74.5 Å². The van der Waals surface area contributed by atoms with Crippen molar-refractivity contribution in [3.8, 4) is 0 Å². The van der Waals surface area contributed by atoms with Crippen LogP contribution < -0.4 is 5.73 Å². The molecule has 2 saturated heterocycles. The van der Waals surface area contributed by atoms with Crippen LogP contribution in [-0.2, 0) is 16.1 Å². The lowest BCUT2D eigenvalue weighted by atomic mass is 9.86. The monoisotopic (exact) mass is 435 g/mol. The third-order valence-electron chi connectivity index (χ3n) is 6.64. The van der Waals surface area contributed by atoms with Crippen LogP contribution in [0.3, 0.4) is 0 Å². The van der Waals surface area contributed by atoms with Gasteiger partial charge in [-0.15, -0.1) is 0 Å². The summed E-state index contributed by atoms with van der Waals surface area (Å²) in [5.74, 6) is 1.38. The Hall–Kier alpha value is -2.93. The molecule has 0 aromatic carbocycles. The minimum Gasteiger partial charge on any atom is -0.504 e. The van der Waals surface area contributed by atoms with Gasteiger partial charge in [0.15, 0.2) is 0 Å². The topological polar surface area (TPSA) is 84.6 Å². The summed E-state index contributed by atoms with van der Waals surface area (Å²) in [5.41, 5.74) is 9.06. The van der Waals surface area contributed by atoms with Gasteiger partial charge in [0.25, 0.3) is 0 Å². The molecule has 0 radical (unpaired) electrons. The normalized spacial score (nSPS) is 19.2. The number of amides is 1. The van der Waals surface area contributed by atoms with Crippen LogP contribution in [-0.4, -0.2) is 59.0 Å². The Balaban J connectivity index is 1.27. The number of nitrogen functional groups attached to an aromatic ring is 1. The Labute approximate surface area is 190 Å². The minimum atomic E-state index is 0.134. The van der Waals surface area contributed by atoms with Gasteiger partial charge in [-0.2, -0.15) is 0 Å². The predicted molar refractivity (Wildman–Crippen MR) is 125 cm³/mol. The molecule has 7 nitrogen and oxygen atoms in total. The number of hydrogen-bond donors (Lipinski definition) is 1. The van der Waals surface area contributed by atoms with Crippen LogP contribution in [0, 0.1) is 11.8 Å². The maximum atomic E-state index is 13.2. The Morgan fingerprint density at radius 2 is 1.81 bits per heavy atom.